The Balaban J connectivity index is 1.58. The normalized spacial score (nSPS) is 56.3. The first-order valence-corrected chi connectivity index (χ1v) is 9.99. The molecule has 0 aromatic heterocycles. The minimum Gasteiger partial charge on any atom is -0.307 e. The zero-order valence-electron chi connectivity index (χ0n) is 12.7. The number of hydrogen-bond donors (Lipinski definition) is 1. The summed E-state index contributed by atoms with van der Waals surface area (Å²) >= 11 is 0. The molecule has 1 N–H and O–H groups in total. The summed E-state index contributed by atoms with van der Waals surface area (Å²) in [5.41, 5.74) is 1.24. The monoisotopic (exact) mass is 297 g/mol. The maximum atomic E-state index is 11.7. The zero-order chi connectivity index (χ0) is 14.2. The average Bonchev–Trinajstić information content (AvgIpc) is 2.50. The second-order valence-corrected chi connectivity index (χ2v) is 11.4. The standard InChI is InChI=1S/C16H27NO2S/c1-14-5-12-6-15(2,9-14)11-16(7-12,10-14)17-13-3-4-20(18,19)8-13/h12-13,17H,3-11H2,1-2H3. The lowest BCUT2D eigenvalue weighted by molar-refractivity contribution is -0.120. The molecule has 3 atom stereocenters. The van der Waals surface area contributed by atoms with Crippen molar-refractivity contribution in [2.75, 3.05) is 11.5 Å². The predicted molar refractivity (Wildman–Crippen MR) is 80.3 cm³/mol. The Morgan fingerprint density at radius 3 is 2.15 bits per heavy atom. The van der Waals surface area contributed by atoms with Crippen LogP contribution in [0.5, 0.6) is 0 Å². The zero-order valence-corrected chi connectivity index (χ0v) is 13.6. The summed E-state index contributed by atoms with van der Waals surface area (Å²) in [6.07, 6.45) is 8.81. The van der Waals surface area contributed by atoms with Gasteiger partial charge in [0.15, 0.2) is 9.84 Å². The topological polar surface area (TPSA) is 46.2 Å². The van der Waals surface area contributed by atoms with Crippen LogP contribution in [0.25, 0.3) is 0 Å². The maximum Gasteiger partial charge on any atom is 0.151 e. The van der Waals surface area contributed by atoms with E-state index in [0.717, 1.165) is 12.3 Å². The second kappa shape index (κ2) is 3.81. The van der Waals surface area contributed by atoms with Gasteiger partial charge in [-0.05, 0) is 61.7 Å². The van der Waals surface area contributed by atoms with Gasteiger partial charge in [0.25, 0.3) is 0 Å². The molecule has 0 radical (unpaired) electrons. The lowest BCUT2D eigenvalue weighted by atomic mass is 9.42. The van der Waals surface area contributed by atoms with Crippen molar-refractivity contribution in [3.05, 3.63) is 0 Å². The Morgan fingerprint density at radius 1 is 1.00 bits per heavy atom. The van der Waals surface area contributed by atoms with Gasteiger partial charge in [0, 0.05) is 11.6 Å². The summed E-state index contributed by atoms with van der Waals surface area (Å²) in [6, 6.07) is 0.212. The summed E-state index contributed by atoms with van der Waals surface area (Å²) in [5, 5.41) is 3.85. The van der Waals surface area contributed by atoms with Crippen LogP contribution in [0.1, 0.15) is 58.8 Å². The molecule has 0 aromatic carbocycles. The van der Waals surface area contributed by atoms with Crippen molar-refractivity contribution in [1.82, 2.24) is 5.32 Å². The Morgan fingerprint density at radius 2 is 1.65 bits per heavy atom. The molecule has 1 heterocycles. The fourth-order valence-corrected chi connectivity index (χ4v) is 8.62. The maximum absolute atomic E-state index is 11.7. The largest absolute Gasteiger partial charge is 0.307 e. The van der Waals surface area contributed by atoms with Gasteiger partial charge in [0.2, 0.25) is 0 Å². The molecule has 5 fully saturated rings. The van der Waals surface area contributed by atoms with Crippen LogP contribution in [0.2, 0.25) is 0 Å². The molecule has 3 nitrogen and oxygen atoms in total. The number of rotatable bonds is 2. The highest BCUT2D eigenvalue weighted by Gasteiger charge is 2.60. The van der Waals surface area contributed by atoms with Crippen molar-refractivity contribution < 1.29 is 8.42 Å². The van der Waals surface area contributed by atoms with Crippen molar-refractivity contribution in [1.29, 1.82) is 0 Å². The van der Waals surface area contributed by atoms with Gasteiger partial charge in [-0.2, -0.15) is 0 Å². The van der Waals surface area contributed by atoms with E-state index >= 15 is 0 Å². The smallest absolute Gasteiger partial charge is 0.151 e. The third-order valence-electron chi connectivity index (χ3n) is 6.37. The van der Waals surface area contributed by atoms with Crippen molar-refractivity contribution in [2.24, 2.45) is 16.7 Å². The SMILES string of the molecule is CC12CC3CC(C)(C1)CC(NC1CCS(=O)(=O)C1)(C3)C2. The van der Waals surface area contributed by atoms with E-state index < -0.39 is 9.84 Å². The first kappa shape index (κ1) is 13.6. The van der Waals surface area contributed by atoms with Crippen molar-refractivity contribution in [3.8, 4) is 0 Å². The van der Waals surface area contributed by atoms with Crippen molar-refractivity contribution in [3.63, 3.8) is 0 Å². The molecule has 0 aromatic rings. The van der Waals surface area contributed by atoms with E-state index in [4.69, 9.17) is 0 Å². The van der Waals surface area contributed by atoms with Gasteiger partial charge < -0.3 is 5.32 Å². The van der Waals surface area contributed by atoms with Crippen LogP contribution >= 0.6 is 0 Å². The summed E-state index contributed by atoms with van der Waals surface area (Å²) in [5.74, 6) is 1.62. The van der Waals surface area contributed by atoms with Crippen molar-refractivity contribution >= 4 is 9.84 Å². The van der Waals surface area contributed by atoms with Crippen LogP contribution in [0, 0.1) is 16.7 Å². The first-order valence-electron chi connectivity index (χ1n) is 8.17. The van der Waals surface area contributed by atoms with Crippen molar-refractivity contribution in [2.45, 2.75) is 70.4 Å². The fraction of sp³-hybridized carbons (Fsp3) is 1.00. The van der Waals surface area contributed by atoms with E-state index in [2.05, 4.69) is 19.2 Å². The molecule has 5 rings (SSSR count). The lowest BCUT2D eigenvalue weighted by Crippen LogP contribution is -2.65. The summed E-state index contributed by atoms with van der Waals surface area (Å²) in [7, 11) is -2.77. The second-order valence-electron chi connectivity index (χ2n) is 9.15. The number of nitrogens with one attached hydrogen (secondary N) is 1. The minimum absolute atomic E-state index is 0.212. The highest BCUT2D eigenvalue weighted by atomic mass is 32.2. The molecule has 20 heavy (non-hydrogen) atoms. The average molecular weight is 297 g/mol. The summed E-state index contributed by atoms with van der Waals surface area (Å²) in [6.45, 7) is 4.94. The minimum atomic E-state index is -2.77. The van der Waals surface area contributed by atoms with Crippen LogP contribution in [0.3, 0.4) is 0 Å². The molecule has 0 spiro atoms. The molecule has 5 aliphatic rings. The molecule has 1 aliphatic heterocycles. The van der Waals surface area contributed by atoms with Gasteiger partial charge in [0.05, 0.1) is 11.5 Å². The molecule has 3 unspecified atom stereocenters. The van der Waals surface area contributed by atoms with Gasteiger partial charge in [-0.25, -0.2) is 8.42 Å². The van der Waals surface area contributed by atoms with Crippen LogP contribution in [0.4, 0.5) is 0 Å². The highest BCUT2D eigenvalue weighted by Crippen LogP contribution is 2.66. The van der Waals surface area contributed by atoms with Gasteiger partial charge >= 0.3 is 0 Å². The fourth-order valence-electron chi connectivity index (χ4n) is 6.95. The molecular weight excluding hydrogens is 270 g/mol. The quantitative estimate of drug-likeness (QED) is 0.852. The van der Waals surface area contributed by atoms with Crippen LogP contribution in [0.15, 0.2) is 0 Å². The molecular formula is C16H27NO2S. The van der Waals surface area contributed by atoms with E-state index in [0.29, 0.717) is 22.3 Å². The highest BCUT2D eigenvalue weighted by molar-refractivity contribution is 7.91. The predicted octanol–water partition coefficient (Wildman–Crippen LogP) is 2.51. The molecule has 4 aliphatic carbocycles. The van der Waals surface area contributed by atoms with E-state index in [1.165, 1.54) is 38.5 Å². The summed E-state index contributed by atoms with van der Waals surface area (Å²) in [4.78, 5) is 0. The van der Waals surface area contributed by atoms with Crippen LogP contribution in [-0.2, 0) is 9.84 Å². The summed E-state index contributed by atoms with van der Waals surface area (Å²) < 4.78 is 23.4. The first-order chi connectivity index (χ1) is 9.19. The number of hydrogen-bond acceptors (Lipinski definition) is 3. The van der Waals surface area contributed by atoms with Gasteiger partial charge in [-0.1, -0.05) is 13.8 Å². The third kappa shape index (κ3) is 2.14. The molecule has 0 amide bonds. The van der Waals surface area contributed by atoms with E-state index in [-0.39, 0.29) is 11.6 Å². The molecule has 1 saturated heterocycles. The lowest BCUT2D eigenvalue weighted by Gasteiger charge is -2.66. The Hall–Kier alpha value is -0.0900. The van der Waals surface area contributed by atoms with Crippen LogP contribution in [-0.4, -0.2) is 31.5 Å². The van der Waals surface area contributed by atoms with Gasteiger partial charge in [-0.15, -0.1) is 0 Å². The Labute approximate surface area is 122 Å². The molecule has 114 valence electrons. The Bertz CT molecular complexity index is 523. The molecule has 4 heteroatoms. The number of sulfone groups is 1. The molecule has 4 bridgehead atoms. The Kier molecular flexibility index (Phi) is 2.58. The van der Waals surface area contributed by atoms with Crippen LogP contribution < -0.4 is 5.32 Å². The third-order valence-corrected chi connectivity index (χ3v) is 8.14. The van der Waals surface area contributed by atoms with Gasteiger partial charge in [-0.3, -0.25) is 0 Å². The van der Waals surface area contributed by atoms with E-state index in [9.17, 15) is 8.42 Å². The van der Waals surface area contributed by atoms with Gasteiger partial charge in [0.1, 0.15) is 0 Å². The molecule has 4 saturated carbocycles. The van der Waals surface area contributed by atoms with E-state index in [1.807, 2.05) is 0 Å². The van der Waals surface area contributed by atoms with E-state index in [1.54, 1.807) is 0 Å².